The number of hydrogen-bond donors (Lipinski definition) is 0. The molecule has 4 rings (SSSR count). The van der Waals surface area contributed by atoms with Crippen molar-refractivity contribution in [2.24, 2.45) is 0 Å². The third-order valence-corrected chi connectivity index (χ3v) is 8.17. The topological polar surface area (TPSA) is 70.6 Å². The average molecular weight is 458 g/mol. The van der Waals surface area contributed by atoms with Crippen LogP contribution in [0, 0.1) is 13.8 Å². The number of aryl methyl sites for hydroxylation is 2. The van der Waals surface area contributed by atoms with Gasteiger partial charge in [0, 0.05) is 6.54 Å². The largest absolute Gasteiger partial charge is 0.282 e. The Bertz CT molecular complexity index is 1170. The van der Waals surface area contributed by atoms with Crippen molar-refractivity contribution in [3.05, 3.63) is 59.2 Å². The van der Waals surface area contributed by atoms with Crippen molar-refractivity contribution in [1.82, 2.24) is 9.29 Å². The van der Waals surface area contributed by atoms with Crippen LogP contribution in [0.25, 0.3) is 10.2 Å². The predicted molar refractivity (Wildman–Crippen MR) is 126 cm³/mol. The minimum absolute atomic E-state index is 0.207. The highest BCUT2D eigenvalue weighted by Gasteiger charge is 2.38. The van der Waals surface area contributed by atoms with Gasteiger partial charge in [-0.3, -0.25) is 9.69 Å². The van der Waals surface area contributed by atoms with Crippen LogP contribution in [-0.4, -0.2) is 42.5 Å². The molecule has 0 radical (unpaired) electrons. The highest BCUT2D eigenvalue weighted by molar-refractivity contribution is 7.88. The summed E-state index contributed by atoms with van der Waals surface area (Å²) in [6.07, 6.45) is 3.32. The van der Waals surface area contributed by atoms with Gasteiger partial charge < -0.3 is 0 Å². The van der Waals surface area contributed by atoms with Crippen LogP contribution in [0.5, 0.6) is 0 Å². The highest BCUT2D eigenvalue weighted by atomic mass is 32.2. The van der Waals surface area contributed by atoms with Gasteiger partial charge in [-0.2, -0.15) is 4.31 Å². The third-order valence-electron chi connectivity index (χ3n) is 5.84. The van der Waals surface area contributed by atoms with Crippen molar-refractivity contribution in [2.75, 3.05) is 17.7 Å². The SMILES string of the molecule is Cc1cc2nc(N(Cc3ccccc3)C(=O)C3CCCCN3S(C)(=O)=O)sc2cc1C. The number of hydrogen-bond acceptors (Lipinski definition) is 5. The molecule has 1 atom stereocenters. The van der Waals surface area contributed by atoms with E-state index in [-0.39, 0.29) is 5.91 Å². The fourth-order valence-corrected chi connectivity index (χ4v) is 6.19. The molecule has 6 nitrogen and oxygen atoms in total. The first kappa shape index (κ1) is 21.9. The number of benzene rings is 2. The number of piperidine rings is 1. The molecule has 0 saturated carbocycles. The molecule has 1 aromatic heterocycles. The Hall–Kier alpha value is -2.29. The maximum Gasteiger partial charge on any atom is 0.247 e. The first-order valence-corrected chi connectivity index (χ1v) is 13.1. The zero-order chi connectivity index (χ0) is 22.2. The lowest BCUT2D eigenvalue weighted by atomic mass is 10.0. The Morgan fingerprint density at radius 1 is 1.16 bits per heavy atom. The molecular formula is C23H27N3O3S2. The zero-order valence-electron chi connectivity index (χ0n) is 18.0. The lowest BCUT2D eigenvalue weighted by Gasteiger charge is -2.35. The first-order chi connectivity index (χ1) is 14.7. The van der Waals surface area contributed by atoms with Crippen molar-refractivity contribution in [2.45, 2.75) is 45.7 Å². The molecule has 0 N–H and O–H groups in total. The van der Waals surface area contributed by atoms with Gasteiger partial charge in [0.1, 0.15) is 6.04 Å². The summed E-state index contributed by atoms with van der Waals surface area (Å²) in [6, 6.07) is 13.2. The Balaban J connectivity index is 1.76. The maximum absolute atomic E-state index is 13.8. The standard InChI is InChI=1S/C23H27N3O3S2/c1-16-13-19-21(14-17(16)2)30-23(24-19)25(15-18-9-5-4-6-10-18)22(27)20-11-7-8-12-26(20)31(3,28)29/h4-6,9-10,13-14,20H,7-8,11-12,15H2,1-3H3. The molecule has 1 unspecified atom stereocenters. The third kappa shape index (κ3) is 4.66. The molecule has 0 spiro atoms. The van der Waals surface area contributed by atoms with Crippen molar-refractivity contribution in [3.63, 3.8) is 0 Å². The van der Waals surface area contributed by atoms with Gasteiger partial charge in [0.05, 0.1) is 23.0 Å². The number of nitrogens with zero attached hydrogens (tertiary/aromatic N) is 3. The zero-order valence-corrected chi connectivity index (χ0v) is 19.7. The summed E-state index contributed by atoms with van der Waals surface area (Å²) in [5, 5.41) is 0.605. The van der Waals surface area contributed by atoms with E-state index < -0.39 is 16.1 Å². The van der Waals surface area contributed by atoms with Crippen molar-refractivity contribution in [3.8, 4) is 0 Å². The van der Waals surface area contributed by atoms with E-state index in [1.807, 2.05) is 43.3 Å². The van der Waals surface area contributed by atoms with Crippen LogP contribution < -0.4 is 4.90 Å². The summed E-state index contributed by atoms with van der Waals surface area (Å²) in [6.45, 7) is 4.85. The molecule has 1 amide bonds. The van der Waals surface area contributed by atoms with E-state index in [1.165, 1.54) is 27.5 Å². The second-order valence-corrected chi connectivity index (χ2v) is 11.1. The summed E-state index contributed by atoms with van der Waals surface area (Å²) in [5.74, 6) is -0.207. The summed E-state index contributed by atoms with van der Waals surface area (Å²) in [7, 11) is -3.48. The minimum atomic E-state index is -3.48. The lowest BCUT2D eigenvalue weighted by molar-refractivity contribution is -0.123. The molecule has 2 heterocycles. The number of anilines is 1. The Labute approximate surface area is 187 Å². The van der Waals surface area contributed by atoms with Crippen molar-refractivity contribution in [1.29, 1.82) is 0 Å². The van der Waals surface area contributed by atoms with Gasteiger partial charge in [-0.25, -0.2) is 13.4 Å². The minimum Gasteiger partial charge on any atom is -0.282 e. The Morgan fingerprint density at radius 3 is 2.58 bits per heavy atom. The molecule has 1 aliphatic rings. The Morgan fingerprint density at radius 2 is 1.87 bits per heavy atom. The molecule has 8 heteroatoms. The van der Waals surface area contributed by atoms with Gasteiger partial charge in [-0.15, -0.1) is 0 Å². The van der Waals surface area contributed by atoms with Crippen LogP contribution in [0.15, 0.2) is 42.5 Å². The number of carbonyl (C=O) groups is 1. The molecular weight excluding hydrogens is 430 g/mol. The average Bonchev–Trinajstić information content (AvgIpc) is 3.14. The van der Waals surface area contributed by atoms with Crippen LogP contribution in [0.2, 0.25) is 0 Å². The van der Waals surface area contributed by atoms with Gasteiger partial charge in [0.25, 0.3) is 0 Å². The molecule has 3 aromatic rings. The van der Waals surface area contributed by atoms with E-state index in [2.05, 4.69) is 13.0 Å². The second kappa shape index (κ2) is 8.68. The first-order valence-electron chi connectivity index (χ1n) is 10.4. The number of carbonyl (C=O) groups excluding carboxylic acids is 1. The quantitative estimate of drug-likeness (QED) is 0.574. The highest BCUT2D eigenvalue weighted by Crippen LogP contribution is 2.33. The van der Waals surface area contributed by atoms with Gasteiger partial charge >= 0.3 is 0 Å². The molecule has 0 aliphatic carbocycles. The molecule has 0 bridgehead atoms. The van der Waals surface area contributed by atoms with Crippen LogP contribution in [0.4, 0.5) is 5.13 Å². The van der Waals surface area contributed by atoms with E-state index in [9.17, 15) is 13.2 Å². The van der Waals surface area contributed by atoms with Gasteiger partial charge in [-0.05, 0) is 55.5 Å². The maximum atomic E-state index is 13.8. The molecule has 1 saturated heterocycles. The normalized spacial score (nSPS) is 17.7. The monoisotopic (exact) mass is 457 g/mol. The summed E-state index contributed by atoms with van der Waals surface area (Å²) >= 11 is 1.47. The van der Waals surface area contributed by atoms with Crippen molar-refractivity contribution < 1.29 is 13.2 Å². The summed E-state index contributed by atoms with van der Waals surface area (Å²) in [4.78, 5) is 20.2. The van der Waals surface area contributed by atoms with E-state index in [0.29, 0.717) is 24.6 Å². The van der Waals surface area contributed by atoms with Crippen LogP contribution in [0.3, 0.4) is 0 Å². The lowest BCUT2D eigenvalue weighted by Crippen LogP contribution is -2.52. The van der Waals surface area contributed by atoms with E-state index >= 15 is 0 Å². The Kier molecular flexibility index (Phi) is 6.14. The number of sulfonamides is 1. The molecule has 164 valence electrons. The molecule has 2 aromatic carbocycles. The van der Waals surface area contributed by atoms with E-state index in [0.717, 1.165) is 34.2 Å². The fraction of sp³-hybridized carbons (Fsp3) is 0.391. The van der Waals surface area contributed by atoms with Gasteiger partial charge in [0.2, 0.25) is 15.9 Å². The fourth-order valence-electron chi connectivity index (χ4n) is 4.02. The number of rotatable bonds is 5. The molecule has 31 heavy (non-hydrogen) atoms. The van der Waals surface area contributed by atoms with E-state index in [4.69, 9.17) is 4.98 Å². The van der Waals surface area contributed by atoms with Crippen LogP contribution >= 0.6 is 11.3 Å². The van der Waals surface area contributed by atoms with Crippen molar-refractivity contribution >= 4 is 42.6 Å². The van der Waals surface area contributed by atoms with Crippen LogP contribution in [0.1, 0.15) is 36.0 Å². The van der Waals surface area contributed by atoms with Crippen LogP contribution in [-0.2, 0) is 21.4 Å². The summed E-state index contributed by atoms with van der Waals surface area (Å²) < 4.78 is 27.1. The molecule has 1 fully saturated rings. The summed E-state index contributed by atoms with van der Waals surface area (Å²) in [5.41, 5.74) is 4.17. The van der Waals surface area contributed by atoms with Gasteiger partial charge in [-0.1, -0.05) is 48.1 Å². The van der Waals surface area contributed by atoms with Gasteiger partial charge in [0.15, 0.2) is 5.13 Å². The smallest absolute Gasteiger partial charge is 0.247 e. The second-order valence-electron chi connectivity index (χ2n) is 8.20. The number of amides is 1. The predicted octanol–water partition coefficient (Wildman–Crippen LogP) is 4.26. The number of thiazole rings is 1. The molecule has 1 aliphatic heterocycles. The number of fused-ring (bicyclic) bond motifs is 1. The van der Waals surface area contributed by atoms with E-state index in [1.54, 1.807) is 4.90 Å². The number of aromatic nitrogens is 1.